The minimum atomic E-state index is -4.06. The van der Waals surface area contributed by atoms with Crippen molar-refractivity contribution in [2.24, 2.45) is 0 Å². The second-order valence-corrected chi connectivity index (χ2v) is 11.5. The van der Waals surface area contributed by atoms with Gasteiger partial charge < -0.3 is 10.2 Å². The number of carbonyl (C=O) groups excluding carboxylic acids is 2. The Morgan fingerprint density at radius 1 is 1.06 bits per heavy atom. The van der Waals surface area contributed by atoms with Gasteiger partial charge in [0.1, 0.15) is 12.6 Å². The first-order valence-corrected chi connectivity index (χ1v) is 13.1. The number of sulfonamides is 1. The van der Waals surface area contributed by atoms with Crippen LogP contribution in [0.1, 0.15) is 39.7 Å². The van der Waals surface area contributed by atoms with Crippen molar-refractivity contribution in [2.75, 3.05) is 17.1 Å². The molecule has 0 bridgehead atoms. The zero-order chi connectivity index (χ0) is 26.6. The van der Waals surface area contributed by atoms with Gasteiger partial charge in [0.15, 0.2) is 11.6 Å². The number of hydrogen-bond acceptors (Lipinski definition) is 4. The summed E-state index contributed by atoms with van der Waals surface area (Å²) in [7, 11) is -4.06. The summed E-state index contributed by atoms with van der Waals surface area (Å²) >= 11 is 5.96. The van der Waals surface area contributed by atoms with Gasteiger partial charge >= 0.3 is 0 Å². The van der Waals surface area contributed by atoms with Gasteiger partial charge in [-0.1, -0.05) is 30.7 Å². The van der Waals surface area contributed by atoms with E-state index in [1.165, 1.54) is 4.90 Å². The van der Waals surface area contributed by atoms with E-state index in [4.69, 9.17) is 11.6 Å². The van der Waals surface area contributed by atoms with Gasteiger partial charge in [0.05, 0.1) is 11.9 Å². The van der Waals surface area contributed by atoms with Crippen molar-refractivity contribution >= 4 is 39.1 Å². The van der Waals surface area contributed by atoms with Crippen molar-refractivity contribution in [1.82, 2.24) is 10.2 Å². The van der Waals surface area contributed by atoms with Crippen LogP contribution in [0.5, 0.6) is 0 Å². The van der Waals surface area contributed by atoms with Gasteiger partial charge in [-0.05, 0) is 57.0 Å². The van der Waals surface area contributed by atoms with Crippen LogP contribution in [0.25, 0.3) is 0 Å². The van der Waals surface area contributed by atoms with Crippen molar-refractivity contribution in [3.63, 3.8) is 0 Å². The van der Waals surface area contributed by atoms with Gasteiger partial charge in [-0.15, -0.1) is 0 Å². The predicted molar refractivity (Wildman–Crippen MR) is 133 cm³/mol. The monoisotopic (exact) mass is 529 g/mol. The highest BCUT2D eigenvalue weighted by Crippen LogP contribution is 2.22. The van der Waals surface area contributed by atoms with Crippen molar-refractivity contribution in [2.45, 2.75) is 52.2 Å². The Bertz CT molecular complexity index is 1170. The molecule has 0 aliphatic rings. The number of carbonyl (C=O) groups is 2. The van der Waals surface area contributed by atoms with Gasteiger partial charge in [-0.25, -0.2) is 17.2 Å². The smallest absolute Gasteiger partial charge is 0.244 e. The van der Waals surface area contributed by atoms with Crippen LogP contribution in [0.3, 0.4) is 0 Å². The SMILES string of the molecule is CC[C@@H](C(=O)NC(C)(C)C)N(Cc1ccc(Cl)cc1)C(=O)CN(c1ccc(F)c(F)c1)S(C)(=O)=O. The summed E-state index contributed by atoms with van der Waals surface area (Å²) in [6, 6.07) is 8.31. The Morgan fingerprint density at radius 2 is 1.66 bits per heavy atom. The lowest BCUT2D eigenvalue weighted by atomic mass is 10.1. The molecule has 2 amide bonds. The molecule has 11 heteroatoms. The lowest BCUT2D eigenvalue weighted by Crippen LogP contribution is -2.55. The molecule has 7 nitrogen and oxygen atoms in total. The number of rotatable bonds is 9. The molecule has 0 radical (unpaired) electrons. The van der Waals surface area contributed by atoms with Crippen LogP contribution >= 0.6 is 11.6 Å². The Morgan fingerprint density at radius 3 is 2.14 bits per heavy atom. The fraction of sp³-hybridized carbons (Fsp3) is 0.417. The molecule has 2 aromatic carbocycles. The molecule has 0 aliphatic carbocycles. The minimum absolute atomic E-state index is 0.00144. The molecular weight excluding hydrogens is 500 g/mol. The summed E-state index contributed by atoms with van der Waals surface area (Å²) in [6.07, 6.45) is 1.11. The summed E-state index contributed by atoms with van der Waals surface area (Å²) in [5.41, 5.74) is -0.105. The van der Waals surface area contributed by atoms with E-state index in [1.807, 2.05) is 0 Å². The zero-order valence-corrected chi connectivity index (χ0v) is 21.9. The number of nitrogens with zero attached hydrogens (tertiary/aromatic N) is 2. The largest absolute Gasteiger partial charge is 0.350 e. The number of nitrogens with one attached hydrogen (secondary N) is 1. The summed E-state index contributed by atoms with van der Waals surface area (Å²) < 4.78 is 52.9. The topological polar surface area (TPSA) is 86.8 Å². The molecule has 0 heterocycles. The normalized spacial score (nSPS) is 12.7. The highest BCUT2D eigenvalue weighted by molar-refractivity contribution is 7.92. The summed E-state index contributed by atoms with van der Waals surface area (Å²) in [6.45, 7) is 6.43. The van der Waals surface area contributed by atoms with Crippen LogP contribution < -0.4 is 9.62 Å². The van der Waals surface area contributed by atoms with Crippen LogP contribution in [0.15, 0.2) is 42.5 Å². The first kappa shape index (κ1) is 28.5. The van der Waals surface area contributed by atoms with E-state index in [9.17, 15) is 26.8 Å². The fourth-order valence-corrected chi connectivity index (χ4v) is 4.38. The third-order valence-corrected chi connectivity index (χ3v) is 6.41. The van der Waals surface area contributed by atoms with E-state index in [1.54, 1.807) is 52.0 Å². The number of benzene rings is 2. The maximum atomic E-state index is 13.8. The number of anilines is 1. The van der Waals surface area contributed by atoms with Gasteiger partial charge in [0, 0.05) is 23.2 Å². The number of amides is 2. The lowest BCUT2D eigenvalue weighted by Gasteiger charge is -2.34. The van der Waals surface area contributed by atoms with Crippen LogP contribution in [0.2, 0.25) is 5.02 Å². The second kappa shape index (κ2) is 11.3. The maximum Gasteiger partial charge on any atom is 0.244 e. The lowest BCUT2D eigenvalue weighted by molar-refractivity contribution is -0.141. The first-order valence-electron chi connectivity index (χ1n) is 10.9. The highest BCUT2D eigenvalue weighted by atomic mass is 35.5. The Hall–Kier alpha value is -2.72. The summed E-state index contributed by atoms with van der Waals surface area (Å²) in [5, 5.41) is 3.34. The number of halogens is 3. The number of hydrogen-bond donors (Lipinski definition) is 1. The van der Waals surface area contributed by atoms with Crippen LogP contribution in [-0.2, 0) is 26.2 Å². The molecule has 0 spiro atoms. The van der Waals surface area contributed by atoms with E-state index >= 15 is 0 Å². The van der Waals surface area contributed by atoms with Crippen LogP contribution in [0, 0.1) is 11.6 Å². The van der Waals surface area contributed by atoms with Crippen molar-refractivity contribution < 1.29 is 26.8 Å². The third kappa shape index (κ3) is 8.17. The maximum absolute atomic E-state index is 13.8. The third-order valence-electron chi connectivity index (χ3n) is 5.02. The Balaban J connectivity index is 2.47. The molecule has 1 atom stereocenters. The summed E-state index contributed by atoms with van der Waals surface area (Å²) in [4.78, 5) is 27.9. The van der Waals surface area contributed by atoms with E-state index < -0.39 is 51.6 Å². The Kier molecular flexibility index (Phi) is 9.24. The molecule has 2 rings (SSSR count). The van der Waals surface area contributed by atoms with Crippen molar-refractivity contribution in [3.05, 3.63) is 64.7 Å². The average molecular weight is 530 g/mol. The van der Waals surface area contributed by atoms with Crippen LogP contribution in [-0.4, -0.2) is 49.5 Å². The van der Waals surface area contributed by atoms with Gasteiger partial charge in [0.2, 0.25) is 21.8 Å². The van der Waals surface area contributed by atoms with Crippen LogP contribution in [0.4, 0.5) is 14.5 Å². The quantitative estimate of drug-likeness (QED) is 0.529. The van der Waals surface area contributed by atoms with Crippen molar-refractivity contribution in [3.8, 4) is 0 Å². The van der Waals surface area contributed by atoms with Crippen molar-refractivity contribution in [1.29, 1.82) is 0 Å². The Labute approximate surface area is 210 Å². The minimum Gasteiger partial charge on any atom is -0.350 e. The molecule has 0 aliphatic heterocycles. The molecule has 0 fully saturated rings. The molecule has 2 aromatic rings. The molecular formula is C24H30ClF2N3O4S. The molecule has 35 heavy (non-hydrogen) atoms. The predicted octanol–water partition coefficient (Wildman–Crippen LogP) is 4.11. The summed E-state index contributed by atoms with van der Waals surface area (Å²) in [5.74, 6) is -3.49. The zero-order valence-electron chi connectivity index (χ0n) is 20.3. The molecule has 0 aromatic heterocycles. The molecule has 1 N–H and O–H groups in total. The van der Waals surface area contributed by atoms with E-state index in [0.29, 0.717) is 21.0 Å². The fourth-order valence-electron chi connectivity index (χ4n) is 3.41. The van der Waals surface area contributed by atoms with Gasteiger partial charge in [0.25, 0.3) is 0 Å². The molecule has 0 saturated heterocycles. The second-order valence-electron chi connectivity index (χ2n) is 9.18. The highest BCUT2D eigenvalue weighted by Gasteiger charge is 2.33. The molecule has 192 valence electrons. The average Bonchev–Trinajstić information content (AvgIpc) is 2.73. The molecule has 0 saturated carbocycles. The van der Waals surface area contributed by atoms with E-state index in [0.717, 1.165) is 18.4 Å². The van der Waals surface area contributed by atoms with Gasteiger partial charge in [-0.3, -0.25) is 13.9 Å². The first-order chi connectivity index (χ1) is 16.1. The van der Waals surface area contributed by atoms with Gasteiger partial charge in [-0.2, -0.15) is 0 Å². The molecule has 0 unspecified atom stereocenters. The van der Waals surface area contributed by atoms with E-state index in [2.05, 4.69) is 5.32 Å². The van der Waals surface area contributed by atoms with E-state index in [-0.39, 0.29) is 18.7 Å². The standard InChI is InChI=1S/C24H30ClF2N3O4S/c1-6-21(23(32)28-24(2,3)4)29(14-16-7-9-17(25)10-8-16)22(31)15-30(35(5,33)34)18-11-12-19(26)20(27)13-18/h7-13,21H,6,14-15H2,1-5H3,(H,28,32)/t21-/m0/s1.